The second kappa shape index (κ2) is 4.65. The Bertz CT molecular complexity index is 403. The zero-order valence-electron chi connectivity index (χ0n) is 7.75. The Morgan fingerprint density at radius 2 is 2.06 bits per heavy atom. The molecule has 4 nitrogen and oxygen atoms in total. The van der Waals surface area contributed by atoms with Crippen LogP contribution in [-0.4, -0.2) is 18.7 Å². The van der Waals surface area contributed by atoms with Crippen LogP contribution in [-0.2, 0) is 4.79 Å². The number of rotatable bonds is 3. The van der Waals surface area contributed by atoms with Crippen LogP contribution in [0, 0.1) is 0 Å². The van der Waals surface area contributed by atoms with Gasteiger partial charge in [-0.15, -0.1) is 13.2 Å². The van der Waals surface area contributed by atoms with Crippen LogP contribution in [0.15, 0.2) is 24.3 Å². The molecule has 1 aromatic rings. The molecule has 0 heterocycles. The Hall–Kier alpha value is -2.05. The Labute approximate surface area is 88.0 Å². The Kier molecular flexibility index (Phi) is 3.49. The monoisotopic (exact) mass is 233 g/mol. The average Bonchev–Trinajstić information content (AvgIpc) is 2.16. The number of hydrogen-bond acceptors (Lipinski definition) is 3. The summed E-state index contributed by atoms with van der Waals surface area (Å²) in [6, 6.07) is 4.39. The van der Waals surface area contributed by atoms with Crippen molar-refractivity contribution >= 4 is 12.3 Å². The Morgan fingerprint density at radius 3 is 2.62 bits per heavy atom. The maximum atomic E-state index is 11.8. The van der Waals surface area contributed by atoms with E-state index in [0.29, 0.717) is 0 Å². The molecule has 0 atom stereocenters. The van der Waals surface area contributed by atoms with E-state index in [1.807, 2.05) is 0 Å². The first kappa shape index (κ1) is 12.0. The van der Waals surface area contributed by atoms with E-state index < -0.39 is 18.0 Å². The number of hydrogen-bond donors (Lipinski definition) is 1. The fourth-order valence-corrected chi connectivity index (χ4v) is 0.971. The van der Waals surface area contributed by atoms with Gasteiger partial charge in [-0.25, -0.2) is 0 Å². The van der Waals surface area contributed by atoms with Crippen molar-refractivity contribution in [2.45, 2.75) is 6.36 Å². The number of alkyl halides is 3. The van der Waals surface area contributed by atoms with Gasteiger partial charge in [0.05, 0.1) is 0 Å². The maximum Gasteiger partial charge on any atom is 0.573 e. The van der Waals surface area contributed by atoms with Crippen molar-refractivity contribution in [2.75, 3.05) is 0 Å². The summed E-state index contributed by atoms with van der Waals surface area (Å²) in [6.07, 6.45) is -4.68. The van der Waals surface area contributed by atoms with Gasteiger partial charge in [-0.1, -0.05) is 6.07 Å². The number of nitrogens with one attached hydrogen (secondary N) is 1. The van der Waals surface area contributed by atoms with Gasteiger partial charge in [-0.05, 0) is 18.2 Å². The summed E-state index contributed by atoms with van der Waals surface area (Å²) < 4.78 is 39.1. The minimum Gasteiger partial charge on any atom is -0.406 e. The summed E-state index contributed by atoms with van der Waals surface area (Å²) in [4.78, 5) is 21.0. The molecule has 0 spiro atoms. The van der Waals surface area contributed by atoms with Gasteiger partial charge in [-0.3, -0.25) is 14.9 Å². The summed E-state index contributed by atoms with van der Waals surface area (Å²) in [5.74, 6) is -1.33. The molecule has 0 unspecified atom stereocenters. The van der Waals surface area contributed by atoms with Gasteiger partial charge in [0.15, 0.2) is 0 Å². The fraction of sp³-hybridized carbons (Fsp3) is 0.111. The van der Waals surface area contributed by atoms with E-state index in [9.17, 15) is 22.8 Å². The quantitative estimate of drug-likeness (QED) is 0.804. The molecule has 0 aliphatic heterocycles. The van der Waals surface area contributed by atoms with E-state index in [2.05, 4.69) is 4.74 Å². The minimum absolute atomic E-state index is 0.103. The third-order valence-corrected chi connectivity index (χ3v) is 1.52. The highest BCUT2D eigenvalue weighted by Gasteiger charge is 2.31. The fourth-order valence-electron chi connectivity index (χ4n) is 0.971. The lowest BCUT2D eigenvalue weighted by Crippen LogP contribution is -2.22. The predicted molar refractivity (Wildman–Crippen MR) is 46.7 cm³/mol. The van der Waals surface area contributed by atoms with E-state index in [0.717, 1.165) is 12.1 Å². The van der Waals surface area contributed by atoms with Crippen LogP contribution in [0.4, 0.5) is 13.2 Å². The Balaban J connectivity index is 2.86. The summed E-state index contributed by atoms with van der Waals surface area (Å²) >= 11 is 0. The molecule has 0 aliphatic carbocycles. The van der Waals surface area contributed by atoms with Crippen LogP contribution in [0.25, 0.3) is 0 Å². The first-order valence-electron chi connectivity index (χ1n) is 4.03. The van der Waals surface area contributed by atoms with E-state index in [-0.39, 0.29) is 12.0 Å². The van der Waals surface area contributed by atoms with E-state index in [1.165, 1.54) is 12.1 Å². The molecule has 7 heteroatoms. The van der Waals surface area contributed by atoms with E-state index in [1.54, 1.807) is 5.32 Å². The number of ether oxygens (including phenoxy) is 1. The SMILES string of the molecule is O=CNC(=O)c1cccc(OC(F)(F)F)c1. The molecule has 1 N–H and O–H groups in total. The number of carbonyl (C=O) groups is 2. The molecule has 86 valence electrons. The van der Waals surface area contributed by atoms with Crippen LogP contribution >= 0.6 is 0 Å². The van der Waals surface area contributed by atoms with Crippen LogP contribution < -0.4 is 10.1 Å². The lowest BCUT2D eigenvalue weighted by molar-refractivity contribution is -0.274. The highest BCUT2D eigenvalue weighted by Crippen LogP contribution is 2.23. The predicted octanol–water partition coefficient (Wildman–Crippen LogP) is 1.47. The van der Waals surface area contributed by atoms with Gasteiger partial charge in [0.1, 0.15) is 5.75 Å². The average molecular weight is 233 g/mol. The van der Waals surface area contributed by atoms with Crippen molar-refractivity contribution in [1.82, 2.24) is 5.32 Å². The number of imide groups is 1. The van der Waals surface area contributed by atoms with Crippen LogP contribution in [0.1, 0.15) is 10.4 Å². The van der Waals surface area contributed by atoms with Gasteiger partial charge in [-0.2, -0.15) is 0 Å². The summed E-state index contributed by atoms with van der Waals surface area (Å²) in [6.45, 7) is 0. The normalized spacial score (nSPS) is 10.7. The number of halogens is 3. The lowest BCUT2D eigenvalue weighted by atomic mass is 10.2. The number of benzene rings is 1. The third kappa shape index (κ3) is 3.60. The molecule has 0 radical (unpaired) electrons. The number of carbonyl (C=O) groups excluding carboxylic acids is 2. The zero-order valence-corrected chi connectivity index (χ0v) is 7.75. The van der Waals surface area contributed by atoms with Crippen LogP contribution in [0.5, 0.6) is 5.75 Å². The van der Waals surface area contributed by atoms with Gasteiger partial charge in [0, 0.05) is 5.56 Å². The van der Waals surface area contributed by atoms with Gasteiger partial charge >= 0.3 is 6.36 Å². The molecular formula is C9H6F3NO3. The van der Waals surface area contributed by atoms with Crippen molar-refractivity contribution in [3.63, 3.8) is 0 Å². The van der Waals surface area contributed by atoms with Crippen LogP contribution in [0.2, 0.25) is 0 Å². The maximum absolute atomic E-state index is 11.8. The highest BCUT2D eigenvalue weighted by molar-refractivity contribution is 5.99. The largest absolute Gasteiger partial charge is 0.573 e. The molecule has 0 bridgehead atoms. The van der Waals surface area contributed by atoms with Crippen molar-refractivity contribution < 1.29 is 27.5 Å². The summed E-state index contributed by atoms with van der Waals surface area (Å²) in [7, 11) is 0. The van der Waals surface area contributed by atoms with Gasteiger partial charge in [0.25, 0.3) is 5.91 Å². The molecule has 16 heavy (non-hydrogen) atoms. The topological polar surface area (TPSA) is 55.4 Å². The molecule has 0 saturated heterocycles. The lowest BCUT2D eigenvalue weighted by Gasteiger charge is -2.09. The van der Waals surface area contributed by atoms with E-state index in [4.69, 9.17) is 0 Å². The Morgan fingerprint density at radius 1 is 1.38 bits per heavy atom. The highest BCUT2D eigenvalue weighted by atomic mass is 19.4. The molecule has 0 aliphatic rings. The summed E-state index contributed by atoms with van der Waals surface area (Å²) in [5.41, 5.74) is -0.103. The van der Waals surface area contributed by atoms with Gasteiger partial charge < -0.3 is 4.74 Å². The number of amides is 2. The molecular weight excluding hydrogens is 227 g/mol. The first-order valence-corrected chi connectivity index (χ1v) is 4.03. The van der Waals surface area contributed by atoms with E-state index >= 15 is 0 Å². The second-order valence-electron chi connectivity index (χ2n) is 2.67. The van der Waals surface area contributed by atoms with Crippen molar-refractivity contribution in [3.05, 3.63) is 29.8 Å². The molecule has 1 aromatic carbocycles. The first-order chi connectivity index (χ1) is 7.42. The van der Waals surface area contributed by atoms with Crippen LogP contribution in [0.3, 0.4) is 0 Å². The molecule has 2 amide bonds. The molecule has 1 rings (SSSR count). The van der Waals surface area contributed by atoms with Crippen molar-refractivity contribution in [2.24, 2.45) is 0 Å². The zero-order chi connectivity index (χ0) is 12.2. The standard InChI is InChI=1S/C9H6F3NO3/c10-9(11,12)16-7-3-1-2-6(4-7)8(15)13-5-14/h1-5H,(H,13,14,15). The van der Waals surface area contributed by atoms with Crippen molar-refractivity contribution in [1.29, 1.82) is 0 Å². The smallest absolute Gasteiger partial charge is 0.406 e. The minimum atomic E-state index is -4.82. The summed E-state index contributed by atoms with van der Waals surface area (Å²) in [5, 5.41) is 1.80. The van der Waals surface area contributed by atoms with Crippen molar-refractivity contribution in [3.8, 4) is 5.75 Å². The van der Waals surface area contributed by atoms with Gasteiger partial charge in [0.2, 0.25) is 6.41 Å². The third-order valence-electron chi connectivity index (χ3n) is 1.52. The molecule has 0 fully saturated rings. The molecule has 0 aromatic heterocycles. The molecule has 0 saturated carbocycles. The second-order valence-corrected chi connectivity index (χ2v) is 2.67.